The van der Waals surface area contributed by atoms with Crippen LogP contribution in [0.4, 0.5) is 4.79 Å². The van der Waals surface area contributed by atoms with Gasteiger partial charge in [-0.1, -0.05) is 79.9 Å². The van der Waals surface area contributed by atoms with Crippen LogP contribution in [0.2, 0.25) is 0 Å². The van der Waals surface area contributed by atoms with Crippen LogP contribution >= 0.6 is 0 Å². The van der Waals surface area contributed by atoms with E-state index in [1.165, 1.54) is 0 Å². The number of alkyl carbamates (subject to hydrolysis) is 1. The molecule has 1 aliphatic rings. The van der Waals surface area contributed by atoms with Gasteiger partial charge in [0.2, 0.25) is 0 Å². The van der Waals surface area contributed by atoms with Crippen LogP contribution in [0.3, 0.4) is 0 Å². The molecule has 5 nitrogen and oxygen atoms in total. The minimum Gasteiger partial charge on any atom is -0.480 e. The van der Waals surface area contributed by atoms with Crippen molar-refractivity contribution in [2.24, 2.45) is 0 Å². The molecule has 5 heteroatoms. The first kappa shape index (κ1) is 26.3. The molecule has 0 saturated heterocycles. The number of hydrogen-bond acceptors (Lipinski definition) is 3. The minimum absolute atomic E-state index is 0.0713. The zero-order valence-electron chi connectivity index (χ0n) is 20.5. The smallest absolute Gasteiger partial charge is 0.408 e. The molecule has 1 atom stereocenters. The van der Waals surface area contributed by atoms with Gasteiger partial charge in [-0.3, -0.25) is 0 Å². The van der Waals surface area contributed by atoms with E-state index in [9.17, 15) is 14.7 Å². The van der Waals surface area contributed by atoms with E-state index in [0.29, 0.717) is 25.7 Å². The molecule has 1 amide bonds. The third kappa shape index (κ3) is 6.62. The number of amides is 1. The quantitative estimate of drug-likeness (QED) is 0.210. The predicted molar refractivity (Wildman–Crippen MR) is 141 cm³/mol. The molecule has 3 rings (SSSR count). The number of benzene rings is 2. The molecule has 35 heavy (non-hydrogen) atoms. The van der Waals surface area contributed by atoms with Crippen LogP contribution in [0.25, 0.3) is 11.1 Å². The summed E-state index contributed by atoms with van der Waals surface area (Å²) >= 11 is 0. The molecule has 1 unspecified atom stereocenters. The molecular formula is C30H37NO4. The fourth-order valence-electron chi connectivity index (χ4n) is 4.96. The first-order valence-electron chi connectivity index (χ1n) is 12.6. The highest BCUT2D eigenvalue weighted by Crippen LogP contribution is 2.44. The average molecular weight is 476 g/mol. The number of carbonyl (C=O) groups excluding carboxylic acids is 1. The van der Waals surface area contributed by atoms with Crippen molar-refractivity contribution in [1.29, 1.82) is 0 Å². The number of carbonyl (C=O) groups is 2. The maximum atomic E-state index is 12.9. The molecule has 0 aliphatic heterocycles. The molecule has 186 valence electrons. The number of rotatable bonds is 15. The zero-order valence-corrected chi connectivity index (χ0v) is 20.5. The van der Waals surface area contributed by atoms with Crippen LogP contribution in [0.5, 0.6) is 0 Å². The van der Waals surface area contributed by atoms with Crippen molar-refractivity contribution in [2.45, 2.75) is 69.2 Å². The molecular weight excluding hydrogens is 438 g/mol. The topological polar surface area (TPSA) is 75.6 Å². The van der Waals surface area contributed by atoms with Crippen molar-refractivity contribution in [3.8, 4) is 11.1 Å². The lowest BCUT2D eigenvalue weighted by Crippen LogP contribution is -2.54. The molecule has 0 bridgehead atoms. The lowest BCUT2D eigenvalue weighted by molar-refractivity contribution is -0.145. The summed E-state index contributed by atoms with van der Waals surface area (Å²) in [7, 11) is 0. The summed E-state index contributed by atoms with van der Waals surface area (Å²) in [6, 6.07) is 16.3. The average Bonchev–Trinajstić information content (AvgIpc) is 3.18. The first-order valence-corrected chi connectivity index (χ1v) is 12.6. The summed E-state index contributed by atoms with van der Waals surface area (Å²) in [6.45, 7) is 7.63. The van der Waals surface area contributed by atoms with Gasteiger partial charge in [0.05, 0.1) is 0 Å². The number of allylic oxidation sites excluding steroid dienone is 2. The molecule has 0 aromatic heterocycles. The second kappa shape index (κ2) is 12.9. The van der Waals surface area contributed by atoms with E-state index in [1.54, 1.807) is 6.08 Å². The van der Waals surface area contributed by atoms with Crippen molar-refractivity contribution < 1.29 is 19.4 Å². The van der Waals surface area contributed by atoms with Crippen LogP contribution in [0.15, 0.2) is 73.8 Å². The summed E-state index contributed by atoms with van der Waals surface area (Å²) in [5.41, 5.74) is 3.20. The number of carboxylic acids is 1. The molecule has 0 spiro atoms. The van der Waals surface area contributed by atoms with Crippen molar-refractivity contribution in [3.63, 3.8) is 0 Å². The zero-order chi connectivity index (χ0) is 25.1. The van der Waals surface area contributed by atoms with Gasteiger partial charge in [-0.05, 0) is 60.8 Å². The molecule has 0 fully saturated rings. The number of hydrogen-bond donors (Lipinski definition) is 2. The highest BCUT2D eigenvalue weighted by atomic mass is 16.5. The summed E-state index contributed by atoms with van der Waals surface area (Å²) in [4.78, 5) is 25.3. The maximum Gasteiger partial charge on any atom is 0.408 e. The van der Waals surface area contributed by atoms with Crippen LogP contribution in [-0.2, 0) is 9.53 Å². The fourth-order valence-corrected chi connectivity index (χ4v) is 4.96. The van der Waals surface area contributed by atoms with E-state index in [2.05, 4.69) is 42.7 Å². The molecule has 1 aliphatic carbocycles. The van der Waals surface area contributed by atoms with Crippen molar-refractivity contribution in [3.05, 3.63) is 85.0 Å². The third-order valence-corrected chi connectivity index (χ3v) is 6.87. The van der Waals surface area contributed by atoms with Gasteiger partial charge in [0.15, 0.2) is 0 Å². The Bertz CT molecular complexity index is 985. The van der Waals surface area contributed by atoms with E-state index in [1.807, 2.05) is 30.3 Å². The lowest BCUT2D eigenvalue weighted by atomic mass is 9.86. The Balaban J connectivity index is 1.67. The fraction of sp³-hybridized carbons (Fsp3) is 0.400. The van der Waals surface area contributed by atoms with Gasteiger partial charge in [-0.2, -0.15) is 0 Å². The number of carboxylic acid groups (broad SMARTS) is 1. The van der Waals surface area contributed by atoms with Gasteiger partial charge >= 0.3 is 12.1 Å². The number of nitrogens with one attached hydrogen (secondary N) is 1. The van der Waals surface area contributed by atoms with Gasteiger partial charge < -0.3 is 15.2 Å². The summed E-state index contributed by atoms with van der Waals surface area (Å²) in [5.74, 6) is -1.08. The first-order chi connectivity index (χ1) is 17.0. The minimum atomic E-state index is -1.34. The number of fused-ring (bicyclic) bond motifs is 3. The van der Waals surface area contributed by atoms with Crippen LogP contribution < -0.4 is 5.32 Å². The summed E-state index contributed by atoms with van der Waals surface area (Å²) in [6.07, 6.45) is 9.68. The third-order valence-electron chi connectivity index (χ3n) is 6.87. The van der Waals surface area contributed by atoms with Gasteiger partial charge in [-0.15, -0.1) is 13.2 Å². The summed E-state index contributed by atoms with van der Waals surface area (Å²) in [5, 5.41) is 12.9. The van der Waals surface area contributed by atoms with Crippen molar-refractivity contribution in [1.82, 2.24) is 5.32 Å². The number of aliphatic carboxylic acids is 1. The second-order valence-corrected chi connectivity index (χ2v) is 9.26. The van der Waals surface area contributed by atoms with Crippen molar-refractivity contribution in [2.75, 3.05) is 6.61 Å². The standard InChI is InChI=1S/C30H37NO4/c1-3-5-7-8-9-15-21-30(28(32)33,20-14-6-4-2)31-29(34)35-22-27-25-18-12-10-16-23(25)24-17-11-13-19-26(24)27/h3-4,10-13,16-19,27H,1-2,5-9,14-15,20-22H2,(H,31,34)(H,32,33). The normalized spacial score (nSPS) is 13.8. The Morgan fingerprint density at radius 3 is 2.00 bits per heavy atom. The largest absolute Gasteiger partial charge is 0.480 e. The Labute approximate surface area is 208 Å². The number of ether oxygens (including phenoxy) is 1. The Morgan fingerprint density at radius 2 is 1.40 bits per heavy atom. The monoisotopic (exact) mass is 475 g/mol. The summed E-state index contributed by atoms with van der Waals surface area (Å²) < 4.78 is 5.67. The van der Waals surface area contributed by atoms with Gasteiger partial charge in [0, 0.05) is 5.92 Å². The Morgan fingerprint density at radius 1 is 0.857 bits per heavy atom. The van der Waals surface area contributed by atoms with Crippen LogP contribution in [0.1, 0.15) is 74.8 Å². The maximum absolute atomic E-state index is 12.9. The molecule has 0 saturated carbocycles. The van der Waals surface area contributed by atoms with Crippen LogP contribution in [0, 0.1) is 0 Å². The van der Waals surface area contributed by atoms with Crippen LogP contribution in [-0.4, -0.2) is 29.3 Å². The van der Waals surface area contributed by atoms with E-state index in [0.717, 1.165) is 54.4 Å². The predicted octanol–water partition coefficient (Wildman–Crippen LogP) is 7.23. The lowest BCUT2D eigenvalue weighted by Gasteiger charge is -2.30. The van der Waals surface area contributed by atoms with Gasteiger partial charge in [0.25, 0.3) is 0 Å². The second-order valence-electron chi connectivity index (χ2n) is 9.26. The van der Waals surface area contributed by atoms with Gasteiger partial charge in [0.1, 0.15) is 12.1 Å². The molecule has 2 aromatic rings. The van der Waals surface area contributed by atoms with E-state index in [-0.39, 0.29) is 12.5 Å². The highest BCUT2D eigenvalue weighted by molar-refractivity contribution is 5.84. The number of unbranched alkanes of at least 4 members (excludes halogenated alkanes) is 5. The van der Waals surface area contributed by atoms with E-state index >= 15 is 0 Å². The van der Waals surface area contributed by atoms with E-state index < -0.39 is 17.6 Å². The van der Waals surface area contributed by atoms with E-state index in [4.69, 9.17) is 4.74 Å². The molecule has 0 radical (unpaired) electrons. The SMILES string of the molecule is C=CCCCCCCC(CCCC=C)(NC(=O)OCC1c2ccccc2-c2ccccc21)C(=O)O. The van der Waals surface area contributed by atoms with Crippen molar-refractivity contribution >= 4 is 12.1 Å². The molecule has 0 heterocycles. The highest BCUT2D eigenvalue weighted by Gasteiger charge is 2.40. The Kier molecular flexibility index (Phi) is 9.71. The molecule has 2 N–H and O–H groups in total. The van der Waals surface area contributed by atoms with Gasteiger partial charge in [-0.25, -0.2) is 9.59 Å². The Hall–Kier alpha value is -3.34. The molecule has 2 aromatic carbocycles.